The fourth-order valence-corrected chi connectivity index (χ4v) is 1.78. The van der Waals surface area contributed by atoms with Crippen LogP contribution in [0.5, 0.6) is 5.75 Å². The number of nitrogens with one attached hydrogen (secondary N) is 2. The van der Waals surface area contributed by atoms with Gasteiger partial charge in [0.05, 0.1) is 12.1 Å². The highest BCUT2D eigenvalue weighted by molar-refractivity contribution is 5.79. The van der Waals surface area contributed by atoms with E-state index in [1.807, 2.05) is 20.8 Å². The van der Waals surface area contributed by atoms with Gasteiger partial charge in [0.15, 0.2) is 12.6 Å². The molecule has 142 valence electrons. The van der Waals surface area contributed by atoms with Crippen LogP contribution in [0.1, 0.15) is 26.3 Å². The maximum Gasteiger partial charge on any atom is 0.422 e. The van der Waals surface area contributed by atoms with Gasteiger partial charge in [0, 0.05) is 20.2 Å². The molecule has 1 rings (SSSR count). The van der Waals surface area contributed by atoms with E-state index in [2.05, 4.69) is 15.6 Å². The van der Waals surface area contributed by atoms with Crippen molar-refractivity contribution in [1.82, 2.24) is 10.6 Å². The molecule has 8 heteroatoms. The van der Waals surface area contributed by atoms with Crippen molar-refractivity contribution in [2.45, 2.75) is 39.1 Å². The van der Waals surface area contributed by atoms with Gasteiger partial charge >= 0.3 is 6.18 Å². The quantitative estimate of drug-likeness (QED) is 0.552. The summed E-state index contributed by atoms with van der Waals surface area (Å²) in [5.41, 5.74) is 0.407. The molecule has 0 aromatic heterocycles. The highest BCUT2D eigenvalue weighted by Gasteiger charge is 2.28. The molecule has 0 amide bonds. The number of methoxy groups -OCH3 is 1. The standard InChI is InChI=1S/C17H26F3N3O2/c1-5-21-15(23-11-16(2,3)24-4)22-10-13-7-6-8-14(9-13)25-12-17(18,19)20/h6-9H,5,10-12H2,1-4H3,(H2,21,22,23). The number of guanidine groups is 1. The Morgan fingerprint density at radius 2 is 1.92 bits per heavy atom. The first-order valence-electron chi connectivity index (χ1n) is 8.01. The van der Waals surface area contributed by atoms with Crippen molar-refractivity contribution in [3.63, 3.8) is 0 Å². The van der Waals surface area contributed by atoms with Gasteiger partial charge in [0.25, 0.3) is 0 Å². The summed E-state index contributed by atoms with van der Waals surface area (Å²) in [5, 5.41) is 6.29. The summed E-state index contributed by atoms with van der Waals surface area (Å²) in [6, 6.07) is 6.47. The molecule has 0 saturated carbocycles. The van der Waals surface area contributed by atoms with Crippen LogP contribution in [-0.4, -0.2) is 44.5 Å². The SMILES string of the molecule is CCNC(=NCc1cccc(OCC(F)(F)F)c1)NCC(C)(C)OC. The van der Waals surface area contributed by atoms with Crippen molar-refractivity contribution >= 4 is 5.96 Å². The van der Waals surface area contributed by atoms with E-state index in [4.69, 9.17) is 9.47 Å². The number of rotatable bonds is 8. The molecular formula is C17H26F3N3O2. The first kappa shape index (κ1) is 21.1. The van der Waals surface area contributed by atoms with Crippen molar-refractivity contribution in [1.29, 1.82) is 0 Å². The highest BCUT2D eigenvalue weighted by atomic mass is 19.4. The Labute approximate surface area is 146 Å². The lowest BCUT2D eigenvalue weighted by atomic mass is 10.1. The molecule has 1 aromatic carbocycles. The monoisotopic (exact) mass is 361 g/mol. The average Bonchev–Trinajstić information content (AvgIpc) is 2.55. The third-order valence-corrected chi connectivity index (χ3v) is 3.30. The van der Waals surface area contributed by atoms with E-state index in [1.54, 1.807) is 25.3 Å². The Balaban J connectivity index is 2.69. The second-order valence-electron chi connectivity index (χ2n) is 6.06. The molecule has 0 heterocycles. The minimum absolute atomic E-state index is 0.170. The molecule has 0 aliphatic carbocycles. The second kappa shape index (κ2) is 9.50. The van der Waals surface area contributed by atoms with Gasteiger partial charge in [0.1, 0.15) is 5.75 Å². The molecule has 2 N–H and O–H groups in total. The molecule has 0 spiro atoms. The second-order valence-corrected chi connectivity index (χ2v) is 6.06. The molecule has 25 heavy (non-hydrogen) atoms. The Bertz CT molecular complexity index is 560. The van der Waals surface area contributed by atoms with Crippen LogP contribution in [0.3, 0.4) is 0 Å². The number of benzene rings is 1. The predicted octanol–water partition coefficient (Wildman–Crippen LogP) is 3.11. The minimum atomic E-state index is -4.36. The van der Waals surface area contributed by atoms with E-state index in [-0.39, 0.29) is 11.4 Å². The average molecular weight is 361 g/mol. The van der Waals surface area contributed by atoms with Gasteiger partial charge < -0.3 is 20.1 Å². The van der Waals surface area contributed by atoms with E-state index in [0.717, 1.165) is 5.56 Å². The van der Waals surface area contributed by atoms with Gasteiger partial charge in [-0.3, -0.25) is 0 Å². The number of nitrogens with zero attached hydrogens (tertiary/aromatic N) is 1. The van der Waals surface area contributed by atoms with Crippen molar-refractivity contribution in [3.8, 4) is 5.75 Å². The number of hydrogen-bond donors (Lipinski definition) is 2. The maximum atomic E-state index is 12.2. The molecule has 0 saturated heterocycles. The van der Waals surface area contributed by atoms with Crippen LogP contribution in [0.2, 0.25) is 0 Å². The lowest BCUT2D eigenvalue weighted by molar-refractivity contribution is -0.153. The van der Waals surface area contributed by atoms with Crippen LogP contribution in [-0.2, 0) is 11.3 Å². The van der Waals surface area contributed by atoms with E-state index in [0.29, 0.717) is 25.6 Å². The van der Waals surface area contributed by atoms with Crippen LogP contribution >= 0.6 is 0 Å². The molecule has 0 bridgehead atoms. The van der Waals surface area contributed by atoms with E-state index in [9.17, 15) is 13.2 Å². The van der Waals surface area contributed by atoms with Gasteiger partial charge in [-0.25, -0.2) is 4.99 Å². The van der Waals surface area contributed by atoms with Crippen molar-refractivity contribution in [2.75, 3.05) is 26.8 Å². The summed E-state index contributed by atoms with van der Waals surface area (Å²) in [5.74, 6) is 0.776. The first-order valence-corrected chi connectivity index (χ1v) is 8.01. The van der Waals surface area contributed by atoms with Gasteiger partial charge in [-0.1, -0.05) is 12.1 Å². The summed E-state index contributed by atoms with van der Waals surface area (Å²) in [7, 11) is 1.64. The molecule has 0 unspecified atom stereocenters. The van der Waals surface area contributed by atoms with Crippen molar-refractivity contribution in [2.24, 2.45) is 4.99 Å². The number of halogens is 3. The number of ether oxygens (including phenoxy) is 2. The smallest absolute Gasteiger partial charge is 0.422 e. The Morgan fingerprint density at radius 1 is 1.20 bits per heavy atom. The summed E-state index contributed by atoms with van der Waals surface area (Å²) in [6.07, 6.45) is -4.36. The fourth-order valence-electron chi connectivity index (χ4n) is 1.78. The third-order valence-electron chi connectivity index (χ3n) is 3.30. The summed E-state index contributed by atoms with van der Waals surface area (Å²) in [6.45, 7) is 6.10. The van der Waals surface area contributed by atoms with Crippen LogP contribution in [0.4, 0.5) is 13.2 Å². The third kappa shape index (κ3) is 9.19. The van der Waals surface area contributed by atoms with Crippen LogP contribution < -0.4 is 15.4 Å². The van der Waals surface area contributed by atoms with E-state index in [1.165, 1.54) is 6.07 Å². The van der Waals surface area contributed by atoms with E-state index >= 15 is 0 Å². The zero-order valence-electron chi connectivity index (χ0n) is 15.0. The summed E-state index contributed by atoms with van der Waals surface area (Å²) < 4.78 is 46.7. The van der Waals surface area contributed by atoms with Gasteiger partial charge in [0.2, 0.25) is 0 Å². The lowest BCUT2D eigenvalue weighted by Gasteiger charge is -2.24. The Morgan fingerprint density at radius 3 is 2.52 bits per heavy atom. The molecule has 0 radical (unpaired) electrons. The van der Waals surface area contributed by atoms with Gasteiger partial charge in [-0.15, -0.1) is 0 Å². The molecular weight excluding hydrogens is 335 g/mol. The molecule has 1 aromatic rings. The zero-order valence-corrected chi connectivity index (χ0v) is 15.0. The van der Waals surface area contributed by atoms with Gasteiger partial charge in [-0.05, 0) is 38.5 Å². The molecule has 0 aliphatic heterocycles. The molecule has 5 nitrogen and oxygen atoms in total. The minimum Gasteiger partial charge on any atom is -0.484 e. The Hall–Kier alpha value is -1.96. The lowest BCUT2D eigenvalue weighted by Crippen LogP contribution is -2.45. The fraction of sp³-hybridized carbons (Fsp3) is 0.588. The molecule has 0 fully saturated rings. The Kier molecular flexibility index (Phi) is 8.02. The molecule has 0 aliphatic rings. The van der Waals surface area contributed by atoms with Crippen LogP contribution in [0, 0.1) is 0 Å². The number of alkyl halides is 3. The van der Waals surface area contributed by atoms with Crippen molar-refractivity contribution in [3.05, 3.63) is 29.8 Å². The van der Waals surface area contributed by atoms with Crippen LogP contribution in [0.15, 0.2) is 29.3 Å². The molecule has 0 atom stereocenters. The van der Waals surface area contributed by atoms with Crippen LogP contribution in [0.25, 0.3) is 0 Å². The topological polar surface area (TPSA) is 54.9 Å². The van der Waals surface area contributed by atoms with Crippen molar-refractivity contribution < 1.29 is 22.6 Å². The zero-order chi connectivity index (χ0) is 18.9. The van der Waals surface area contributed by atoms with E-state index < -0.39 is 12.8 Å². The highest BCUT2D eigenvalue weighted by Crippen LogP contribution is 2.19. The first-order chi connectivity index (χ1) is 11.6. The number of aliphatic imine (C=N–C) groups is 1. The van der Waals surface area contributed by atoms with Gasteiger partial charge in [-0.2, -0.15) is 13.2 Å². The largest absolute Gasteiger partial charge is 0.484 e. The summed E-state index contributed by atoms with van der Waals surface area (Å²) in [4.78, 5) is 4.43. The predicted molar refractivity (Wildman–Crippen MR) is 91.9 cm³/mol. The maximum absolute atomic E-state index is 12.2. The normalized spacial score (nSPS) is 12.8. The number of hydrogen-bond acceptors (Lipinski definition) is 3. The summed E-state index contributed by atoms with van der Waals surface area (Å²) >= 11 is 0.